The van der Waals surface area contributed by atoms with Gasteiger partial charge in [0.1, 0.15) is 5.82 Å². The molecule has 9 heterocycles. The van der Waals surface area contributed by atoms with E-state index >= 15 is 0 Å². The molecule has 9 rings (SSSR count). The number of amides is 2. The lowest BCUT2D eigenvalue weighted by Gasteiger charge is -2.43. The lowest BCUT2D eigenvalue weighted by molar-refractivity contribution is -0.134. The molecule has 0 saturated carbocycles. The van der Waals surface area contributed by atoms with E-state index in [9.17, 15) is 14.9 Å². The number of aromatic nitrogens is 5. The average molecular weight is 801 g/mol. The van der Waals surface area contributed by atoms with Crippen molar-refractivity contribution in [2.45, 2.75) is 75.9 Å². The van der Waals surface area contributed by atoms with Crippen LogP contribution in [-0.4, -0.2) is 112 Å². The van der Waals surface area contributed by atoms with Crippen molar-refractivity contribution in [3.05, 3.63) is 59.6 Å². The van der Waals surface area contributed by atoms with E-state index in [1.165, 1.54) is 12.8 Å². The normalized spacial score (nSPS) is 24.2. The maximum Gasteiger partial charge on any atom is 0.234 e. The highest BCUT2D eigenvalue weighted by Gasteiger charge is 2.42. The van der Waals surface area contributed by atoms with Gasteiger partial charge in [0.15, 0.2) is 5.01 Å². The van der Waals surface area contributed by atoms with Gasteiger partial charge in [0.2, 0.25) is 16.9 Å². The number of rotatable bonds is 11. The van der Waals surface area contributed by atoms with Crippen molar-refractivity contribution >= 4 is 52.6 Å². The Morgan fingerprint density at radius 3 is 2.59 bits per heavy atom. The Morgan fingerprint density at radius 1 is 1.05 bits per heavy atom. The van der Waals surface area contributed by atoms with Crippen LogP contribution in [0.4, 0.5) is 16.6 Å². The summed E-state index contributed by atoms with van der Waals surface area (Å²) >= 11 is 1.62. The fourth-order valence-electron chi connectivity index (χ4n) is 9.25. The molecule has 2 bridgehead atoms. The van der Waals surface area contributed by atoms with E-state index in [4.69, 9.17) is 24.9 Å². The van der Waals surface area contributed by atoms with Gasteiger partial charge < -0.3 is 19.9 Å². The van der Waals surface area contributed by atoms with Crippen molar-refractivity contribution in [2.75, 3.05) is 61.1 Å². The number of anilines is 3. The van der Waals surface area contributed by atoms with E-state index in [1.807, 2.05) is 42.7 Å². The summed E-state index contributed by atoms with van der Waals surface area (Å²) in [5.74, 6) is 0.867. The summed E-state index contributed by atoms with van der Waals surface area (Å²) in [5, 5.41) is 30.9. The summed E-state index contributed by atoms with van der Waals surface area (Å²) in [6.07, 6.45) is 11.9. The third-order valence-electron chi connectivity index (χ3n) is 12.4. The quantitative estimate of drug-likeness (QED) is 0.117. The van der Waals surface area contributed by atoms with Crippen LogP contribution in [-0.2, 0) is 14.3 Å². The lowest BCUT2D eigenvalue weighted by Crippen LogP contribution is -2.55. The van der Waals surface area contributed by atoms with Gasteiger partial charge in [-0.3, -0.25) is 24.8 Å². The molecule has 4 aromatic heterocycles. The smallest absolute Gasteiger partial charge is 0.234 e. The van der Waals surface area contributed by atoms with Crippen LogP contribution in [0.25, 0.3) is 28.0 Å². The maximum absolute atomic E-state index is 12.3. The molecule has 0 radical (unpaired) electrons. The first kappa shape index (κ1) is 38.0. The van der Waals surface area contributed by atoms with Crippen molar-refractivity contribution in [1.29, 1.82) is 5.26 Å². The van der Waals surface area contributed by atoms with Gasteiger partial charge in [0.25, 0.3) is 0 Å². The van der Waals surface area contributed by atoms with Gasteiger partial charge in [-0.05, 0) is 87.3 Å². The molecule has 0 aromatic carbocycles. The van der Waals surface area contributed by atoms with E-state index < -0.39 is 0 Å². The summed E-state index contributed by atoms with van der Waals surface area (Å²) in [7, 11) is 0. The molecule has 2 unspecified atom stereocenters. The Kier molecular flexibility index (Phi) is 10.8. The number of nitriles is 1. The summed E-state index contributed by atoms with van der Waals surface area (Å²) < 4.78 is 7.40. The Balaban J connectivity index is 0.841. The standard InChI is InChI=1S/C42H48N12O3S/c1-26(19-43)17-30-6-8-37(54(30)44-2)36-18-35(47-29-13-16-57-25-29)34(21-45-36)41-49-50-42(58-41)52-23-31-4-5-32(24-52)53(31)22-27-11-14-51(15-12-27)38-9-3-28(20-46-38)33-7-10-39(55)48-40(33)56/h3,6,8-9,17-18,20-21,27,29,31-33H,2,4-5,7,10-16,22-25H2,1H3,(H,45,47)(H,48,55,56)/b26-17+/t29-,31?,32?,33-/m1/s1. The number of hydrogen-bond acceptors (Lipinski definition) is 14. The molecule has 5 saturated heterocycles. The van der Waals surface area contributed by atoms with Crippen LogP contribution in [0.3, 0.4) is 0 Å². The number of ether oxygens (including phenoxy) is 1. The van der Waals surface area contributed by atoms with E-state index in [0.717, 1.165) is 108 Å². The van der Waals surface area contributed by atoms with E-state index in [1.54, 1.807) is 29.0 Å². The highest BCUT2D eigenvalue weighted by Crippen LogP contribution is 2.40. The van der Waals surface area contributed by atoms with Gasteiger partial charge in [0.05, 0.1) is 47.3 Å². The number of hydrogen-bond donors (Lipinski definition) is 2. The molecule has 4 aromatic rings. The van der Waals surface area contributed by atoms with E-state index in [-0.39, 0.29) is 23.8 Å². The highest BCUT2D eigenvalue weighted by molar-refractivity contribution is 7.18. The first-order chi connectivity index (χ1) is 28.3. The molecule has 5 aliphatic heterocycles. The third-order valence-corrected chi connectivity index (χ3v) is 13.4. The second-order valence-electron chi connectivity index (χ2n) is 16.1. The van der Waals surface area contributed by atoms with E-state index in [2.05, 4.69) is 43.2 Å². The number of carbonyl (C=O) groups is 2. The first-order valence-electron chi connectivity index (χ1n) is 20.3. The van der Waals surface area contributed by atoms with Crippen molar-refractivity contribution in [3.63, 3.8) is 0 Å². The van der Waals surface area contributed by atoms with Crippen molar-refractivity contribution in [3.8, 4) is 28.0 Å². The SMILES string of the molecule is C=Nn1c(/C=C(\C)C#N)ccc1-c1cc(N[C@@H]2CCOC2)c(-c2nnc(N3CC4CCC(C3)N4CC3CCN(c4ccc([C@H]5CCC(=O)NC5=O)cn4)CC3)s2)cn1. The molecule has 58 heavy (non-hydrogen) atoms. The number of nitrogens with one attached hydrogen (secondary N) is 2. The number of pyridine rings is 2. The molecular formula is C42H48N12O3S. The molecular weight excluding hydrogens is 753 g/mol. The van der Waals surface area contributed by atoms with Gasteiger partial charge in [-0.2, -0.15) is 10.4 Å². The number of carbonyl (C=O) groups excluding carboxylic acids is 2. The number of nitrogens with zero attached hydrogens (tertiary/aromatic N) is 10. The fourth-order valence-corrected chi connectivity index (χ4v) is 10.1. The molecule has 2 N–H and O–H groups in total. The van der Waals surface area contributed by atoms with Crippen molar-refractivity contribution in [2.24, 2.45) is 11.0 Å². The zero-order chi connectivity index (χ0) is 39.8. The molecule has 0 spiro atoms. The van der Waals surface area contributed by atoms with Crippen LogP contribution < -0.4 is 20.4 Å². The van der Waals surface area contributed by atoms with Crippen molar-refractivity contribution < 1.29 is 14.3 Å². The van der Waals surface area contributed by atoms with Crippen molar-refractivity contribution in [1.82, 2.24) is 35.1 Å². The minimum absolute atomic E-state index is 0.175. The van der Waals surface area contributed by atoms with Gasteiger partial charge >= 0.3 is 0 Å². The Bertz CT molecular complexity index is 2230. The molecule has 15 nitrogen and oxygen atoms in total. The second kappa shape index (κ2) is 16.4. The van der Waals surface area contributed by atoms with E-state index in [0.29, 0.717) is 43.0 Å². The fraction of sp³-hybridized carbons (Fsp3) is 0.476. The number of fused-ring (bicyclic) bond motifs is 2. The van der Waals surface area contributed by atoms with Crippen LogP contribution in [0.5, 0.6) is 0 Å². The Labute approximate surface area is 341 Å². The monoisotopic (exact) mass is 800 g/mol. The molecule has 4 atom stereocenters. The molecule has 5 fully saturated rings. The van der Waals surface area contributed by atoms with Crippen LogP contribution in [0.2, 0.25) is 0 Å². The first-order valence-corrected chi connectivity index (χ1v) is 21.2. The Hall–Kier alpha value is -5.50. The van der Waals surface area contributed by atoms with Gasteiger partial charge in [-0.25, -0.2) is 9.66 Å². The minimum Gasteiger partial charge on any atom is -0.379 e. The molecule has 0 aliphatic carbocycles. The predicted molar refractivity (Wildman–Crippen MR) is 224 cm³/mol. The Morgan fingerprint density at radius 2 is 1.88 bits per heavy atom. The topological polar surface area (TPSA) is 170 Å². The maximum atomic E-state index is 12.3. The second-order valence-corrected chi connectivity index (χ2v) is 17.1. The van der Waals surface area contributed by atoms with Gasteiger partial charge in [0, 0.05) is 88.2 Å². The van der Waals surface area contributed by atoms with Crippen LogP contribution in [0, 0.1) is 17.2 Å². The van der Waals surface area contributed by atoms with Crippen LogP contribution in [0.15, 0.2) is 53.4 Å². The summed E-state index contributed by atoms with van der Waals surface area (Å²) in [6.45, 7) is 11.9. The zero-order valence-electron chi connectivity index (χ0n) is 32.7. The molecule has 16 heteroatoms. The van der Waals surface area contributed by atoms with Crippen LogP contribution in [0.1, 0.15) is 69.0 Å². The number of allylic oxidation sites excluding steroid dienone is 1. The largest absolute Gasteiger partial charge is 0.379 e. The zero-order valence-corrected chi connectivity index (χ0v) is 33.5. The number of piperazine rings is 1. The lowest BCUT2D eigenvalue weighted by atomic mass is 9.91. The molecule has 2 amide bonds. The average Bonchev–Trinajstić information content (AvgIpc) is 4.06. The third kappa shape index (κ3) is 7.73. The summed E-state index contributed by atoms with van der Waals surface area (Å²) in [5.41, 5.74) is 5.53. The highest BCUT2D eigenvalue weighted by atomic mass is 32.1. The molecule has 5 aliphatic rings. The van der Waals surface area contributed by atoms with Crippen LogP contribution >= 0.6 is 11.3 Å². The summed E-state index contributed by atoms with van der Waals surface area (Å²) in [4.78, 5) is 41.1. The predicted octanol–water partition coefficient (Wildman–Crippen LogP) is 5.14. The van der Waals surface area contributed by atoms with Gasteiger partial charge in [-0.15, -0.1) is 10.2 Å². The number of piperidine rings is 2. The van der Waals surface area contributed by atoms with Gasteiger partial charge in [-0.1, -0.05) is 17.4 Å². The number of imide groups is 1. The molecule has 300 valence electrons. The minimum atomic E-state index is -0.308. The summed E-state index contributed by atoms with van der Waals surface area (Å²) in [6, 6.07) is 13.3.